The lowest BCUT2D eigenvalue weighted by atomic mass is 10.3. The number of anilines is 1. The number of rotatable bonds is 4. The van der Waals surface area contributed by atoms with E-state index in [1.165, 1.54) is 0 Å². The minimum atomic E-state index is 0.303. The Morgan fingerprint density at radius 3 is 2.69 bits per heavy atom. The highest BCUT2D eigenvalue weighted by atomic mass is 16.5. The first-order valence-electron chi connectivity index (χ1n) is 5.10. The van der Waals surface area contributed by atoms with Crippen LogP contribution in [0.1, 0.15) is 5.69 Å². The number of hydrogen-bond donors (Lipinski definition) is 1. The van der Waals surface area contributed by atoms with E-state index >= 15 is 0 Å². The Morgan fingerprint density at radius 1 is 1.12 bits per heavy atom. The van der Waals surface area contributed by atoms with Crippen LogP contribution < -0.4 is 10.5 Å². The van der Waals surface area contributed by atoms with E-state index in [2.05, 4.69) is 9.97 Å². The molecule has 0 radical (unpaired) electrons. The van der Waals surface area contributed by atoms with E-state index in [4.69, 9.17) is 10.5 Å². The Hall–Kier alpha value is -2.10. The van der Waals surface area contributed by atoms with Crippen LogP contribution in [0.3, 0.4) is 0 Å². The molecule has 1 aromatic carbocycles. The summed E-state index contributed by atoms with van der Waals surface area (Å²) in [4.78, 5) is 7.92. The molecular formula is C12H13N3O. The second kappa shape index (κ2) is 5.11. The van der Waals surface area contributed by atoms with Crippen molar-refractivity contribution in [3.63, 3.8) is 0 Å². The Labute approximate surface area is 94.1 Å². The lowest BCUT2D eigenvalue weighted by Gasteiger charge is -2.05. The first-order valence-corrected chi connectivity index (χ1v) is 5.10. The van der Waals surface area contributed by atoms with Crippen LogP contribution in [-0.4, -0.2) is 16.6 Å². The Morgan fingerprint density at radius 2 is 1.94 bits per heavy atom. The molecule has 0 aliphatic heterocycles. The quantitative estimate of drug-likeness (QED) is 0.842. The molecule has 0 amide bonds. The van der Waals surface area contributed by atoms with Crippen molar-refractivity contribution in [3.05, 3.63) is 48.3 Å². The average Bonchev–Trinajstić information content (AvgIpc) is 2.30. The van der Waals surface area contributed by atoms with Gasteiger partial charge in [0.15, 0.2) is 0 Å². The van der Waals surface area contributed by atoms with Gasteiger partial charge in [-0.25, -0.2) is 9.97 Å². The molecule has 4 heteroatoms. The fourth-order valence-corrected chi connectivity index (χ4v) is 1.34. The van der Waals surface area contributed by atoms with Gasteiger partial charge in [-0.1, -0.05) is 18.2 Å². The number of ether oxygens (including phenoxy) is 1. The fourth-order valence-electron chi connectivity index (χ4n) is 1.34. The van der Waals surface area contributed by atoms with E-state index in [1.807, 2.05) is 36.4 Å². The van der Waals surface area contributed by atoms with Crippen molar-refractivity contribution < 1.29 is 4.74 Å². The normalized spacial score (nSPS) is 10.0. The van der Waals surface area contributed by atoms with E-state index < -0.39 is 0 Å². The van der Waals surface area contributed by atoms with Gasteiger partial charge in [0, 0.05) is 18.3 Å². The second-order valence-corrected chi connectivity index (χ2v) is 3.32. The van der Waals surface area contributed by atoms with Gasteiger partial charge < -0.3 is 10.5 Å². The molecule has 2 aromatic rings. The molecule has 0 atom stereocenters. The van der Waals surface area contributed by atoms with E-state index in [0.29, 0.717) is 12.6 Å². The minimum absolute atomic E-state index is 0.303. The zero-order chi connectivity index (χ0) is 11.2. The van der Waals surface area contributed by atoms with Gasteiger partial charge >= 0.3 is 0 Å². The van der Waals surface area contributed by atoms with Crippen LogP contribution in [-0.2, 0) is 6.42 Å². The summed E-state index contributed by atoms with van der Waals surface area (Å²) in [5.74, 6) is 1.17. The maximum Gasteiger partial charge on any atom is 0.220 e. The highest BCUT2D eigenvalue weighted by Gasteiger charge is 1.97. The number of hydrogen-bond acceptors (Lipinski definition) is 4. The van der Waals surface area contributed by atoms with Gasteiger partial charge in [-0.2, -0.15) is 0 Å². The average molecular weight is 215 g/mol. The topological polar surface area (TPSA) is 61.0 Å². The SMILES string of the molecule is Nc1nccc(CCOc2ccccc2)n1. The number of para-hydroxylation sites is 1. The molecular weight excluding hydrogens is 202 g/mol. The zero-order valence-electron chi connectivity index (χ0n) is 8.84. The van der Waals surface area contributed by atoms with Crippen molar-refractivity contribution >= 4 is 5.95 Å². The molecule has 82 valence electrons. The van der Waals surface area contributed by atoms with Gasteiger partial charge in [-0.3, -0.25) is 0 Å². The molecule has 0 bridgehead atoms. The molecule has 0 unspecified atom stereocenters. The molecule has 0 saturated carbocycles. The third-order valence-corrected chi connectivity index (χ3v) is 2.10. The lowest BCUT2D eigenvalue weighted by molar-refractivity contribution is 0.320. The standard InChI is InChI=1S/C12H13N3O/c13-12-14-8-6-10(15-12)7-9-16-11-4-2-1-3-5-11/h1-6,8H,7,9H2,(H2,13,14,15). The molecule has 16 heavy (non-hydrogen) atoms. The van der Waals surface area contributed by atoms with E-state index in [0.717, 1.165) is 17.9 Å². The first-order chi connectivity index (χ1) is 7.84. The van der Waals surface area contributed by atoms with E-state index in [9.17, 15) is 0 Å². The summed E-state index contributed by atoms with van der Waals surface area (Å²) in [5.41, 5.74) is 6.37. The van der Waals surface area contributed by atoms with Crippen LogP contribution in [0.4, 0.5) is 5.95 Å². The Bertz CT molecular complexity index is 445. The van der Waals surface area contributed by atoms with E-state index in [-0.39, 0.29) is 0 Å². The van der Waals surface area contributed by atoms with E-state index in [1.54, 1.807) is 6.20 Å². The van der Waals surface area contributed by atoms with Gasteiger partial charge in [0.25, 0.3) is 0 Å². The van der Waals surface area contributed by atoms with Crippen molar-refractivity contribution in [2.24, 2.45) is 0 Å². The third-order valence-electron chi connectivity index (χ3n) is 2.10. The highest BCUT2D eigenvalue weighted by molar-refractivity contribution is 5.21. The van der Waals surface area contributed by atoms with Crippen molar-refractivity contribution in [2.75, 3.05) is 12.3 Å². The third kappa shape index (κ3) is 2.95. The van der Waals surface area contributed by atoms with Gasteiger partial charge in [0.1, 0.15) is 5.75 Å². The Balaban J connectivity index is 1.85. The van der Waals surface area contributed by atoms with Gasteiger partial charge in [-0.05, 0) is 18.2 Å². The molecule has 1 heterocycles. The van der Waals surface area contributed by atoms with Crippen LogP contribution in [0.5, 0.6) is 5.75 Å². The summed E-state index contributed by atoms with van der Waals surface area (Å²) < 4.78 is 5.55. The number of nitrogen functional groups attached to an aromatic ring is 1. The summed E-state index contributed by atoms with van der Waals surface area (Å²) >= 11 is 0. The summed E-state index contributed by atoms with van der Waals surface area (Å²) in [5, 5.41) is 0. The lowest BCUT2D eigenvalue weighted by Crippen LogP contribution is -2.04. The monoisotopic (exact) mass is 215 g/mol. The van der Waals surface area contributed by atoms with Crippen molar-refractivity contribution in [2.45, 2.75) is 6.42 Å². The number of nitrogens with zero attached hydrogens (tertiary/aromatic N) is 2. The molecule has 0 aliphatic carbocycles. The summed E-state index contributed by atoms with van der Waals surface area (Å²) in [6.45, 7) is 0.584. The van der Waals surface area contributed by atoms with Crippen molar-refractivity contribution in [1.29, 1.82) is 0 Å². The molecule has 0 aliphatic rings. The van der Waals surface area contributed by atoms with Gasteiger partial charge in [-0.15, -0.1) is 0 Å². The van der Waals surface area contributed by atoms with Crippen LogP contribution in [0.15, 0.2) is 42.6 Å². The van der Waals surface area contributed by atoms with Crippen molar-refractivity contribution in [1.82, 2.24) is 9.97 Å². The van der Waals surface area contributed by atoms with Gasteiger partial charge in [0.05, 0.1) is 6.61 Å². The predicted octanol–water partition coefficient (Wildman–Crippen LogP) is 1.68. The fraction of sp³-hybridized carbons (Fsp3) is 0.167. The zero-order valence-corrected chi connectivity index (χ0v) is 8.84. The Kier molecular flexibility index (Phi) is 3.33. The minimum Gasteiger partial charge on any atom is -0.493 e. The molecule has 2 N–H and O–H groups in total. The van der Waals surface area contributed by atoms with Crippen LogP contribution >= 0.6 is 0 Å². The molecule has 0 fully saturated rings. The van der Waals surface area contributed by atoms with Gasteiger partial charge in [0.2, 0.25) is 5.95 Å². The number of benzene rings is 1. The molecule has 0 saturated heterocycles. The highest BCUT2D eigenvalue weighted by Crippen LogP contribution is 2.08. The molecule has 2 rings (SSSR count). The number of nitrogens with two attached hydrogens (primary N) is 1. The first kappa shape index (κ1) is 10.4. The predicted molar refractivity (Wildman–Crippen MR) is 62.1 cm³/mol. The smallest absolute Gasteiger partial charge is 0.220 e. The van der Waals surface area contributed by atoms with Crippen LogP contribution in [0.25, 0.3) is 0 Å². The molecule has 1 aromatic heterocycles. The molecule has 0 spiro atoms. The van der Waals surface area contributed by atoms with Crippen LogP contribution in [0.2, 0.25) is 0 Å². The summed E-state index contributed by atoms with van der Waals surface area (Å²) in [6, 6.07) is 11.5. The summed E-state index contributed by atoms with van der Waals surface area (Å²) in [7, 11) is 0. The maximum absolute atomic E-state index is 5.55. The maximum atomic E-state index is 5.55. The number of aromatic nitrogens is 2. The summed E-state index contributed by atoms with van der Waals surface area (Å²) in [6.07, 6.45) is 2.38. The van der Waals surface area contributed by atoms with Crippen LogP contribution in [0, 0.1) is 0 Å². The molecule has 4 nitrogen and oxygen atoms in total. The second-order valence-electron chi connectivity index (χ2n) is 3.32. The largest absolute Gasteiger partial charge is 0.493 e. The van der Waals surface area contributed by atoms with Crippen molar-refractivity contribution in [3.8, 4) is 5.75 Å².